The second-order valence-corrected chi connectivity index (χ2v) is 14.0. The standard InChI is InChI=1S/C44H38F3N3O13/c1-6-57-42(54)35-23(4)50-63-41(35)38(60-24(5)51)29-15-26(17-32(47)20-29)11-13-59-44(56)34-22(3)49-62-40(34)37(53)28-14-25(16-31(46)19-28)10-12-58-43(55)33-21(2)48-61-39(33)36(52)27-8-7-9-30(45)18-27/h7-9,14-20,37-38,53H,6,10-13H2,1-5H3. The van der Waals surface area contributed by atoms with Crippen molar-refractivity contribution in [2.24, 2.45) is 0 Å². The molecule has 0 saturated heterocycles. The SMILES string of the molecule is CCOC(=O)c1c(C)noc1C(OC(C)=O)c1cc(F)cc(CCOC(=O)c2c(C)noc2C(O)c2cc(F)cc(CCOC(=O)c3c(C)noc3C(=O)c3cccc(F)c3)c2)c1. The van der Waals surface area contributed by atoms with Crippen molar-refractivity contribution in [2.75, 3.05) is 19.8 Å². The molecule has 0 saturated carbocycles. The van der Waals surface area contributed by atoms with Crippen LogP contribution in [0.25, 0.3) is 0 Å². The Labute approximate surface area is 355 Å². The smallest absolute Gasteiger partial charge is 0.344 e. The topological polar surface area (TPSA) is 221 Å². The first kappa shape index (κ1) is 45.1. The van der Waals surface area contributed by atoms with Gasteiger partial charge in [0.15, 0.2) is 17.6 Å². The van der Waals surface area contributed by atoms with Crippen molar-refractivity contribution in [3.8, 4) is 0 Å². The van der Waals surface area contributed by atoms with Crippen LogP contribution in [0.15, 0.2) is 74.2 Å². The third-order valence-electron chi connectivity index (χ3n) is 9.42. The third kappa shape index (κ3) is 10.4. The summed E-state index contributed by atoms with van der Waals surface area (Å²) in [5, 5.41) is 22.6. The molecule has 0 bridgehead atoms. The fraction of sp³-hybridized carbons (Fsp3) is 0.273. The number of benzene rings is 3. The number of aliphatic hydroxyl groups is 1. The van der Waals surface area contributed by atoms with Crippen molar-refractivity contribution in [3.05, 3.63) is 157 Å². The number of esters is 4. The van der Waals surface area contributed by atoms with E-state index in [0.29, 0.717) is 5.56 Å². The lowest BCUT2D eigenvalue weighted by Gasteiger charge is -2.17. The minimum absolute atomic E-state index is 0.0354. The van der Waals surface area contributed by atoms with Crippen LogP contribution in [0.5, 0.6) is 0 Å². The van der Waals surface area contributed by atoms with E-state index in [1.54, 1.807) is 6.92 Å². The number of nitrogens with zero attached hydrogens (tertiary/aromatic N) is 3. The lowest BCUT2D eigenvalue weighted by Crippen LogP contribution is -2.16. The number of rotatable bonds is 17. The monoisotopic (exact) mass is 873 g/mol. The van der Waals surface area contributed by atoms with Gasteiger partial charge in [0.1, 0.15) is 40.2 Å². The summed E-state index contributed by atoms with van der Waals surface area (Å²) in [4.78, 5) is 64.2. The van der Waals surface area contributed by atoms with Crippen molar-refractivity contribution in [1.82, 2.24) is 15.5 Å². The van der Waals surface area contributed by atoms with Gasteiger partial charge in [-0.2, -0.15) is 0 Å². The van der Waals surface area contributed by atoms with E-state index >= 15 is 4.39 Å². The number of aryl methyl sites for hydroxylation is 3. The van der Waals surface area contributed by atoms with E-state index < -0.39 is 65.1 Å². The third-order valence-corrected chi connectivity index (χ3v) is 9.42. The molecule has 6 aromatic rings. The zero-order valence-electron chi connectivity index (χ0n) is 34.3. The Morgan fingerprint density at radius 2 is 1.17 bits per heavy atom. The highest BCUT2D eigenvalue weighted by Gasteiger charge is 2.33. The number of carbonyl (C=O) groups is 5. The van der Waals surface area contributed by atoms with Crippen LogP contribution in [0.4, 0.5) is 13.2 Å². The van der Waals surface area contributed by atoms with Crippen LogP contribution in [0.3, 0.4) is 0 Å². The molecule has 2 unspecified atom stereocenters. The molecule has 0 spiro atoms. The van der Waals surface area contributed by atoms with Crippen molar-refractivity contribution in [3.63, 3.8) is 0 Å². The summed E-state index contributed by atoms with van der Waals surface area (Å²) in [6.45, 7) is 6.42. The Hall–Kier alpha value is -7.41. The number of aromatic nitrogens is 3. The molecule has 16 nitrogen and oxygen atoms in total. The molecule has 3 heterocycles. The molecule has 0 fully saturated rings. The molecule has 328 valence electrons. The molecule has 0 radical (unpaired) electrons. The largest absolute Gasteiger partial charge is 0.462 e. The Bertz CT molecular complexity index is 2700. The fourth-order valence-electron chi connectivity index (χ4n) is 6.57. The zero-order chi connectivity index (χ0) is 45.5. The lowest BCUT2D eigenvalue weighted by atomic mass is 9.99. The Morgan fingerprint density at radius 3 is 1.78 bits per heavy atom. The molecule has 1 N–H and O–H groups in total. The van der Waals surface area contributed by atoms with Crippen LogP contribution in [0.2, 0.25) is 0 Å². The predicted molar refractivity (Wildman–Crippen MR) is 208 cm³/mol. The maximum absolute atomic E-state index is 15.0. The first-order valence-electron chi connectivity index (χ1n) is 19.2. The van der Waals surface area contributed by atoms with E-state index in [2.05, 4.69) is 15.5 Å². The minimum Gasteiger partial charge on any atom is -0.462 e. The van der Waals surface area contributed by atoms with Crippen molar-refractivity contribution < 1.29 is 74.8 Å². The second kappa shape index (κ2) is 19.5. The van der Waals surface area contributed by atoms with Gasteiger partial charge < -0.3 is 37.6 Å². The Morgan fingerprint density at radius 1 is 0.651 bits per heavy atom. The van der Waals surface area contributed by atoms with Crippen LogP contribution in [-0.2, 0) is 36.6 Å². The van der Waals surface area contributed by atoms with Crippen molar-refractivity contribution >= 4 is 29.7 Å². The quantitative estimate of drug-likeness (QED) is 0.0557. The summed E-state index contributed by atoms with van der Waals surface area (Å²) < 4.78 is 80.7. The van der Waals surface area contributed by atoms with Crippen LogP contribution in [-0.4, -0.2) is 70.1 Å². The summed E-state index contributed by atoms with van der Waals surface area (Å²) in [6.07, 6.45) is -3.26. The zero-order valence-corrected chi connectivity index (χ0v) is 34.3. The molecule has 0 aliphatic rings. The predicted octanol–water partition coefficient (Wildman–Crippen LogP) is 6.93. The number of ketones is 1. The maximum atomic E-state index is 15.0. The number of halogens is 3. The summed E-state index contributed by atoms with van der Waals surface area (Å²) in [7, 11) is 0. The van der Waals surface area contributed by atoms with Gasteiger partial charge in [0.05, 0.1) is 36.9 Å². The highest BCUT2D eigenvalue weighted by Crippen LogP contribution is 2.33. The first-order chi connectivity index (χ1) is 30.1. The normalized spacial score (nSPS) is 12.1. The highest BCUT2D eigenvalue weighted by atomic mass is 19.1. The number of ether oxygens (including phenoxy) is 4. The molecule has 0 aliphatic heterocycles. The maximum Gasteiger partial charge on any atom is 0.344 e. The average molecular weight is 874 g/mol. The molecule has 3 aromatic heterocycles. The van der Waals surface area contributed by atoms with E-state index in [9.17, 15) is 37.9 Å². The number of hydrogen-bond donors (Lipinski definition) is 1. The molecule has 0 aliphatic carbocycles. The van der Waals surface area contributed by atoms with Crippen molar-refractivity contribution in [1.29, 1.82) is 0 Å². The van der Waals surface area contributed by atoms with E-state index in [0.717, 1.165) is 43.3 Å². The van der Waals surface area contributed by atoms with Gasteiger partial charge in [0.25, 0.3) is 0 Å². The number of carbonyl (C=O) groups excluding carboxylic acids is 5. The van der Waals surface area contributed by atoms with Gasteiger partial charge in [0, 0.05) is 30.9 Å². The van der Waals surface area contributed by atoms with Crippen molar-refractivity contribution in [2.45, 2.75) is 59.7 Å². The summed E-state index contributed by atoms with van der Waals surface area (Å²) in [5.74, 6) is -7.50. The minimum atomic E-state index is -1.73. The van der Waals surface area contributed by atoms with E-state index in [1.807, 2.05) is 0 Å². The first-order valence-corrected chi connectivity index (χ1v) is 19.2. The van der Waals surface area contributed by atoms with Crippen LogP contribution in [0, 0.1) is 38.2 Å². The number of hydrogen-bond acceptors (Lipinski definition) is 16. The molecular weight excluding hydrogens is 835 g/mol. The molecular formula is C44H38F3N3O13. The van der Waals surface area contributed by atoms with E-state index in [4.69, 9.17) is 32.5 Å². The van der Waals surface area contributed by atoms with Gasteiger partial charge in [-0.15, -0.1) is 0 Å². The average Bonchev–Trinajstić information content (AvgIpc) is 3.94. The Balaban J connectivity index is 1.12. The molecule has 63 heavy (non-hydrogen) atoms. The van der Waals surface area contributed by atoms with Gasteiger partial charge in [-0.1, -0.05) is 39.7 Å². The highest BCUT2D eigenvalue weighted by molar-refractivity contribution is 6.13. The van der Waals surface area contributed by atoms with Gasteiger partial charge in [0.2, 0.25) is 11.5 Å². The lowest BCUT2D eigenvalue weighted by molar-refractivity contribution is -0.145. The van der Waals surface area contributed by atoms with Crippen LogP contribution in [0.1, 0.15) is 124 Å². The van der Waals surface area contributed by atoms with E-state index in [1.165, 1.54) is 45.0 Å². The van der Waals surface area contributed by atoms with Gasteiger partial charge >= 0.3 is 23.9 Å². The summed E-state index contributed by atoms with van der Waals surface area (Å²) in [5.41, 5.74) is 0.127. The van der Waals surface area contributed by atoms with Crippen LogP contribution >= 0.6 is 0 Å². The molecule has 3 aromatic carbocycles. The fourth-order valence-corrected chi connectivity index (χ4v) is 6.57. The molecule has 0 amide bonds. The Kier molecular flexibility index (Phi) is 14.0. The second-order valence-electron chi connectivity index (χ2n) is 14.0. The van der Waals surface area contributed by atoms with E-state index in [-0.39, 0.29) is 100 Å². The molecule has 6 rings (SSSR count). The summed E-state index contributed by atoms with van der Waals surface area (Å²) >= 11 is 0. The summed E-state index contributed by atoms with van der Waals surface area (Å²) in [6, 6.07) is 12.0. The molecule has 2 atom stereocenters. The number of aliphatic hydroxyl groups excluding tert-OH is 1. The van der Waals surface area contributed by atoms with Gasteiger partial charge in [-0.05, 0) is 80.8 Å². The van der Waals surface area contributed by atoms with Gasteiger partial charge in [-0.3, -0.25) is 9.59 Å². The van der Waals surface area contributed by atoms with Crippen LogP contribution < -0.4 is 0 Å². The molecule has 19 heteroatoms. The van der Waals surface area contributed by atoms with Gasteiger partial charge in [-0.25, -0.2) is 27.6 Å².